The number of pyridine rings is 1. The lowest BCUT2D eigenvalue weighted by atomic mass is 10.1. The SMILES string of the molecule is CCOC(=O)C(C#N)=Cc1c(Oc2cccc(C)c2C)nc2ccccn2c1=O. The van der Waals surface area contributed by atoms with Gasteiger partial charge in [-0.05, 0) is 56.2 Å². The second-order valence-electron chi connectivity index (χ2n) is 6.26. The van der Waals surface area contributed by atoms with Crippen molar-refractivity contribution < 1.29 is 14.3 Å². The maximum atomic E-state index is 13.1. The minimum absolute atomic E-state index is 0.00643. The number of rotatable bonds is 5. The fourth-order valence-electron chi connectivity index (χ4n) is 2.71. The number of carbonyl (C=O) groups is 1. The summed E-state index contributed by atoms with van der Waals surface area (Å²) in [6, 6.07) is 12.4. The molecule has 7 heteroatoms. The van der Waals surface area contributed by atoms with Crippen molar-refractivity contribution in [2.75, 3.05) is 6.61 Å². The highest BCUT2D eigenvalue weighted by Crippen LogP contribution is 2.28. The lowest BCUT2D eigenvalue weighted by Crippen LogP contribution is -2.19. The van der Waals surface area contributed by atoms with E-state index < -0.39 is 11.5 Å². The molecule has 0 aliphatic carbocycles. The minimum Gasteiger partial charge on any atom is -0.462 e. The van der Waals surface area contributed by atoms with Crippen molar-refractivity contribution in [1.29, 1.82) is 5.26 Å². The summed E-state index contributed by atoms with van der Waals surface area (Å²) in [5.74, 6) is -0.279. The van der Waals surface area contributed by atoms with Crippen LogP contribution in [0.3, 0.4) is 0 Å². The van der Waals surface area contributed by atoms with E-state index in [-0.39, 0.29) is 23.6 Å². The molecule has 1 aromatic carbocycles. The summed E-state index contributed by atoms with van der Waals surface area (Å²) in [6.07, 6.45) is 2.72. The molecule has 0 amide bonds. The van der Waals surface area contributed by atoms with Crippen LogP contribution in [0.4, 0.5) is 0 Å². The predicted molar refractivity (Wildman–Crippen MR) is 108 cm³/mol. The van der Waals surface area contributed by atoms with E-state index in [4.69, 9.17) is 9.47 Å². The molecule has 2 aromatic heterocycles. The standard InChI is InChI=1S/C22H19N3O4/c1-4-28-22(27)16(13-23)12-17-20(29-18-9-7-8-14(2)15(18)3)24-19-10-5-6-11-25(19)21(17)26/h5-12H,4H2,1-3H3. The first kappa shape index (κ1) is 19.8. The molecule has 0 N–H and O–H groups in total. The van der Waals surface area contributed by atoms with Crippen molar-refractivity contribution in [3.05, 3.63) is 75.2 Å². The monoisotopic (exact) mass is 389 g/mol. The molecule has 2 heterocycles. The van der Waals surface area contributed by atoms with Crippen LogP contribution in [0, 0.1) is 25.2 Å². The Morgan fingerprint density at radius 2 is 2.03 bits per heavy atom. The normalized spacial score (nSPS) is 11.2. The molecule has 0 atom stereocenters. The van der Waals surface area contributed by atoms with Crippen LogP contribution in [0.1, 0.15) is 23.6 Å². The fourth-order valence-corrected chi connectivity index (χ4v) is 2.71. The van der Waals surface area contributed by atoms with E-state index in [0.717, 1.165) is 17.2 Å². The number of hydrogen-bond donors (Lipinski definition) is 0. The highest BCUT2D eigenvalue weighted by atomic mass is 16.5. The van der Waals surface area contributed by atoms with Gasteiger partial charge in [0.05, 0.1) is 6.61 Å². The summed E-state index contributed by atoms with van der Waals surface area (Å²) in [6.45, 7) is 5.58. The van der Waals surface area contributed by atoms with Gasteiger partial charge in [-0.15, -0.1) is 0 Å². The molecule has 0 saturated carbocycles. The van der Waals surface area contributed by atoms with E-state index in [9.17, 15) is 14.9 Å². The van der Waals surface area contributed by atoms with Gasteiger partial charge in [-0.1, -0.05) is 18.2 Å². The molecule has 0 saturated heterocycles. The van der Waals surface area contributed by atoms with Crippen molar-refractivity contribution in [1.82, 2.24) is 9.38 Å². The number of nitriles is 1. The number of nitrogens with zero attached hydrogens (tertiary/aromatic N) is 3. The highest BCUT2D eigenvalue weighted by molar-refractivity contribution is 5.98. The second kappa shape index (κ2) is 8.40. The molecular weight excluding hydrogens is 370 g/mol. The average molecular weight is 389 g/mol. The van der Waals surface area contributed by atoms with Gasteiger partial charge in [0, 0.05) is 6.20 Å². The lowest BCUT2D eigenvalue weighted by Gasteiger charge is -2.13. The van der Waals surface area contributed by atoms with Gasteiger partial charge < -0.3 is 9.47 Å². The van der Waals surface area contributed by atoms with Gasteiger partial charge in [0.1, 0.15) is 28.6 Å². The Morgan fingerprint density at radius 1 is 1.24 bits per heavy atom. The number of hydrogen-bond acceptors (Lipinski definition) is 6. The van der Waals surface area contributed by atoms with E-state index in [2.05, 4.69) is 4.98 Å². The molecule has 0 aliphatic heterocycles. The van der Waals surface area contributed by atoms with Crippen molar-refractivity contribution in [2.24, 2.45) is 0 Å². The van der Waals surface area contributed by atoms with E-state index in [1.54, 1.807) is 43.5 Å². The molecular formula is C22H19N3O4. The van der Waals surface area contributed by atoms with Crippen LogP contribution in [0.25, 0.3) is 11.7 Å². The summed E-state index contributed by atoms with van der Waals surface area (Å²) in [4.78, 5) is 29.5. The largest absolute Gasteiger partial charge is 0.462 e. The smallest absolute Gasteiger partial charge is 0.348 e. The van der Waals surface area contributed by atoms with Crippen LogP contribution in [-0.2, 0) is 9.53 Å². The maximum Gasteiger partial charge on any atom is 0.348 e. The highest BCUT2D eigenvalue weighted by Gasteiger charge is 2.18. The number of aryl methyl sites for hydroxylation is 1. The van der Waals surface area contributed by atoms with Crippen molar-refractivity contribution in [3.8, 4) is 17.7 Å². The molecule has 3 rings (SSSR count). The summed E-state index contributed by atoms with van der Waals surface area (Å²) < 4.78 is 12.2. The van der Waals surface area contributed by atoms with Crippen LogP contribution in [0.5, 0.6) is 11.6 Å². The molecule has 0 aliphatic rings. The summed E-state index contributed by atoms with van der Waals surface area (Å²) in [5.41, 5.74) is 1.49. The van der Waals surface area contributed by atoms with Crippen molar-refractivity contribution in [3.63, 3.8) is 0 Å². The first-order valence-corrected chi connectivity index (χ1v) is 9.00. The molecule has 0 radical (unpaired) electrons. The van der Waals surface area contributed by atoms with Gasteiger partial charge in [0.15, 0.2) is 0 Å². The summed E-state index contributed by atoms with van der Waals surface area (Å²) in [7, 11) is 0. The van der Waals surface area contributed by atoms with Crippen molar-refractivity contribution >= 4 is 17.7 Å². The van der Waals surface area contributed by atoms with E-state index >= 15 is 0 Å². The molecule has 29 heavy (non-hydrogen) atoms. The Balaban J connectivity index is 2.24. The zero-order valence-electron chi connectivity index (χ0n) is 16.3. The number of esters is 1. The first-order valence-electron chi connectivity index (χ1n) is 9.00. The van der Waals surface area contributed by atoms with Crippen LogP contribution in [0.15, 0.2) is 53.0 Å². The minimum atomic E-state index is -0.815. The number of benzene rings is 1. The number of aromatic nitrogens is 2. The number of fused-ring (bicyclic) bond motifs is 1. The Morgan fingerprint density at radius 3 is 2.76 bits per heavy atom. The summed E-state index contributed by atoms with van der Waals surface area (Å²) >= 11 is 0. The van der Waals surface area contributed by atoms with Gasteiger partial charge in [-0.3, -0.25) is 9.20 Å². The molecule has 3 aromatic rings. The van der Waals surface area contributed by atoms with E-state index in [1.807, 2.05) is 26.0 Å². The first-order chi connectivity index (χ1) is 14.0. The Hall–Kier alpha value is -3.92. The summed E-state index contributed by atoms with van der Waals surface area (Å²) in [5, 5.41) is 9.36. The fraction of sp³-hybridized carbons (Fsp3) is 0.182. The molecule has 146 valence electrons. The van der Waals surface area contributed by atoms with Gasteiger partial charge >= 0.3 is 5.97 Å². The van der Waals surface area contributed by atoms with Crippen molar-refractivity contribution in [2.45, 2.75) is 20.8 Å². The van der Waals surface area contributed by atoms with Crippen LogP contribution >= 0.6 is 0 Å². The zero-order valence-corrected chi connectivity index (χ0v) is 16.3. The van der Waals surface area contributed by atoms with Gasteiger partial charge in [-0.2, -0.15) is 10.2 Å². The van der Waals surface area contributed by atoms with Crippen LogP contribution < -0.4 is 10.3 Å². The van der Waals surface area contributed by atoms with Gasteiger partial charge in [0.2, 0.25) is 5.88 Å². The van der Waals surface area contributed by atoms with E-state index in [0.29, 0.717) is 11.4 Å². The molecule has 0 spiro atoms. The molecule has 0 unspecified atom stereocenters. The lowest BCUT2D eigenvalue weighted by molar-refractivity contribution is -0.137. The Kier molecular flexibility index (Phi) is 5.74. The topological polar surface area (TPSA) is 93.7 Å². The van der Waals surface area contributed by atoms with Crippen LogP contribution in [0.2, 0.25) is 0 Å². The van der Waals surface area contributed by atoms with Gasteiger partial charge in [-0.25, -0.2) is 4.79 Å². The third kappa shape index (κ3) is 4.01. The van der Waals surface area contributed by atoms with E-state index in [1.165, 1.54) is 4.40 Å². The second-order valence-corrected chi connectivity index (χ2v) is 6.26. The molecule has 0 fully saturated rings. The third-order valence-corrected chi connectivity index (χ3v) is 4.40. The molecule has 0 bridgehead atoms. The molecule has 7 nitrogen and oxygen atoms in total. The average Bonchev–Trinajstić information content (AvgIpc) is 2.71. The Labute approximate surface area is 167 Å². The number of ether oxygens (including phenoxy) is 2. The zero-order chi connectivity index (χ0) is 21.0. The van der Waals surface area contributed by atoms with Gasteiger partial charge in [0.25, 0.3) is 5.56 Å². The Bertz CT molecular complexity index is 1220. The quantitative estimate of drug-likeness (QED) is 0.376. The predicted octanol–water partition coefficient (Wildman–Crippen LogP) is 3.57. The number of carbonyl (C=O) groups excluding carboxylic acids is 1. The maximum absolute atomic E-state index is 13.1. The third-order valence-electron chi connectivity index (χ3n) is 4.40. The van der Waals surface area contributed by atoms with Crippen LogP contribution in [-0.4, -0.2) is 22.0 Å².